The van der Waals surface area contributed by atoms with Crippen molar-refractivity contribution in [3.05, 3.63) is 18.6 Å². The van der Waals surface area contributed by atoms with E-state index in [0.29, 0.717) is 11.2 Å². The van der Waals surface area contributed by atoms with Gasteiger partial charge in [0.15, 0.2) is 11.9 Å². The Balaban J connectivity index is 2.03. The van der Waals surface area contributed by atoms with Crippen molar-refractivity contribution in [3.63, 3.8) is 0 Å². The molecule has 4 N–H and O–H groups in total. The number of hydrogen-bond acceptors (Lipinski definition) is 7. The number of ether oxygens (including phenoxy) is 1. The highest BCUT2D eigenvalue weighted by Crippen LogP contribution is 2.32. The van der Waals surface area contributed by atoms with Crippen LogP contribution in [0.5, 0.6) is 0 Å². The van der Waals surface area contributed by atoms with Crippen LogP contribution in [-0.2, 0) is 4.74 Å². The molecule has 1 fully saturated rings. The van der Waals surface area contributed by atoms with E-state index in [1.54, 1.807) is 23.9 Å². The molecular formula is C12H16N4O4. The first-order chi connectivity index (χ1) is 9.67. The van der Waals surface area contributed by atoms with Crippen LogP contribution in [0.1, 0.15) is 6.23 Å². The quantitative estimate of drug-likeness (QED) is 0.575. The molecule has 0 spiro atoms. The summed E-state index contributed by atoms with van der Waals surface area (Å²) in [5, 5.41) is 32.0. The zero-order valence-corrected chi connectivity index (χ0v) is 10.8. The molecule has 8 heteroatoms. The Morgan fingerprint density at radius 2 is 2.15 bits per heavy atom. The van der Waals surface area contributed by atoms with Gasteiger partial charge in [-0.2, -0.15) is 0 Å². The molecule has 4 atom stereocenters. The summed E-state index contributed by atoms with van der Waals surface area (Å²) in [4.78, 5) is 8.48. The van der Waals surface area contributed by atoms with E-state index >= 15 is 0 Å². The number of anilines is 1. The van der Waals surface area contributed by atoms with Gasteiger partial charge in [0, 0.05) is 13.2 Å². The highest BCUT2D eigenvalue weighted by Gasteiger charge is 2.43. The SMILES string of the molecule is CNc1ccnc2c1ncn2[C@@H]1O[C@H](CO)[C@@H](O)[C@H]1O. The van der Waals surface area contributed by atoms with Gasteiger partial charge in [0.1, 0.15) is 23.8 Å². The number of imidazole rings is 1. The van der Waals surface area contributed by atoms with E-state index < -0.39 is 24.5 Å². The third-order valence-electron chi connectivity index (χ3n) is 3.52. The summed E-state index contributed by atoms with van der Waals surface area (Å²) >= 11 is 0. The van der Waals surface area contributed by atoms with Crippen molar-refractivity contribution >= 4 is 16.9 Å². The van der Waals surface area contributed by atoms with Crippen LogP contribution in [-0.4, -0.2) is 61.8 Å². The van der Waals surface area contributed by atoms with E-state index in [4.69, 9.17) is 9.84 Å². The van der Waals surface area contributed by atoms with Crippen LogP contribution < -0.4 is 5.32 Å². The number of fused-ring (bicyclic) bond motifs is 1. The summed E-state index contributed by atoms with van der Waals surface area (Å²) in [7, 11) is 1.78. The lowest BCUT2D eigenvalue weighted by Gasteiger charge is -2.16. The van der Waals surface area contributed by atoms with Gasteiger partial charge in [-0.25, -0.2) is 9.97 Å². The number of aliphatic hydroxyl groups is 3. The van der Waals surface area contributed by atoms with Gasteiger partial charge < -0.3 is 25.4 Å². The van der Waals surface area contributed by atoms with Crippen LogP contribution in [0.25, 0.3) is 11.2 Å². The molecule has 8 nitrogen and oxygen atoms in total. The van der Waals surface area contributed by atoms with Crippen molar-refractivity contribution in [2.24, 2.45) is 0 Å². The predicted octanol–water partition coefficient (Wildman–Crippen LogP) is -0.916. The molecule has 0 amide bonds. The van der Waals surface area contributed by atoms with Crippen LogP contribution in [0.3, 0.4) is 0 Å². The lowest BCUT2D eigenvalue weighted by molar-refractivity contribution is -0.0511. The highest BCUT2D eigenvalue weighted by atomic mass is 16.6. The topological polar surface area (TPSA) is 113 Å². The third kappa shape index (κ3) is 1.85. The Kier molecular flexibility index (Phi) is 3.30. The number of aliphatic hydroxyl groups excluding tert-OH is 3. The number of aromatic nitrogens is 3. The minimum atomic E-state index is -1.15. The van der Waals surface area contributed by atoms with Gasteiger partial charge in [-0.15, -0.1) is 0 Å². The lowest BCUT2D eigenvalue weighted by atomic mass is 10.1. The van der Waals surface area contributed by atoms with Gasteiger partial charge in [0.05, 0.1) is 18.6 Å². The van der Waals surface area contributed by atoms with Crippen molar-refractivity contribution in [2.45, 2.75) is 24.5 Å². The molecule has 20 heavy (non-hydrogen) atoms. The highest BCUT2D eigenvalue weighted by molar-refractivity contribution is 5.85. The number of rotatable bonds is 3. The lowest BCUT2D eigenvalue weighted by Crippen LogP contribution is -2.33. The first kappa shape index (κ1) is 13.3. The number of pyridine rings is 1. The molecule has 0 unspecified atom stereocenters. The standard InChI is InChI=1S/C12H16N4O4/c1-13-6-2-3-14-11-8(6)15-5-16(11)12-10(19)9(18)7(4-17)20-12/h2-3,5,7,9-10,12,17-19H,4H2,1H3,(H,13,14)/t7-,9-,10-,12-/m1/s1. The summed E-state index contributed by atoms with van der Waals surface area (Å²) in [6, 6.07) is 1.79. The van der Waals surface area contributed by atoms with Crippen LogP contribution in [0.2, 0.25) is 0 Å². The summed E-state index contributed by atoms with van der Waals surface area (Å²) in [5.41, 5.74) is 1.99. The van der Waals surface area contributed by atoms with E-state index in [0.717, 1.165) is 5.69 Å². The molecule has 1 saturated heterocycles. The molecule has 1 aliphatic heterocycles. The maximum Gasteiger partial charge on any atom is 0.165 e. The molecular weight excluding hydrogens is 264 g/mol. The van der Waals surface area contributed by atoms with Gasteiger partial charge in [0.2, 0.25) is 0 Å². The summed E-state index contributed by atoms with van der Waals surface area (Å²) in [6.45, 7) is -0.365. The Labute approximate surface area is 114 Å². The fourth-order valence-corrected chi connectivity index (χ4v) is 2.43. The van der Waals surface area contributed by atoms with Gasteiger partial charge in [-0.1, -0.05) is 0 Å². The van der Waals surface area contributed by atoms with Crippen LogP contribution >= 0.6 is 0 Å². The van der Waals surface area contributed by atoms with Crippen molar-refractivity contribution in [1.29, 1.82) is 0 Å². The Hall–Kier alpha value is -1.74. The first-order valence-electron chi connectivity index (χ1n) is 6.29. The molecule has 0 bridgehead atoms. The maximum absolute atomic E-state index is 10.0. The van der Waals surface area contributed by atoms with Crippen molar-refractivity contribution in [1.82, 2.24) is 14.5 Å². The minimum absolute atomic E-state index is 0.365. The van der Waals surface area contributed by atoms with Crippen molar-refractivity contribution < 1.29 is 20.1 Å². The van der Waals surface area contributed by atoms with E-state index in [2.05, 4.69) is 15.3 Å². The Bertz CT molecular complexity index is 617. The van der Waals surface area contributed by atoms with Gasteiger partial charge in [0.25, 0.3) is 0 Å². The monoisotopic (exact) mass is 280 g/mol. The molecule has 3 heterocycles. The van der Waals surface area contributed by atoms with E-state index in [-0.39, 0.29) is 6.61 Å². The van der Waals surface area contributed by atoms with Gasteiger partial charge >= 0.3 is 0 Å². The third-order valence-corrected chi connectivity index (χ3v) is 3.52. The van der Waals surface area contributed by atoms with E-state index in [9.17, 15) is 10.2 Å². The molecule has 108 valence electrons. The molecule has 1 aliphatic rings. The smallest absolute Gasteiger partial charge is 0.165 e. The summed E-state index contributed by atoms with van der Waals surface area (Å²) in [5.74, 6) is 0. The summed E-state index contributed by atoms with van der Waals surface area (Å²) < 4.78 is 7.03. The van der Waals surface area contributed by atoms with Crippen molar-refractivity contribution in [2.75, 3.05) is 19.0 Å². The Morgan fingerprint density at radius 3 is 2.80 bits per heavy atom. The average Bonchev–Trinajstić information content (AvgIpc) is 3.01. The number of hydrogen-bond donors (Lipinski definition) is 4. The second-order valence-corrected chi connectivity index (χ2v) is 4.66. The molecule has 0 aliphatic carbocycles. The average molecular weight is 280 g/mol. The van der Waals surface area contributed by atoms with Crippen LogP contribution in [0, 0.1) is 0 Å². The van der Waals surface area contributed by atoms with Crippen LogP contribution in [0.4, 0.5) is 5.69 Å². The van der Waals surface area contributed by atoms with Gasteiger partial charge in [-0.3, -0.25) is 4.57 Å². The normalized spacial score (nSPS) is 30.0. The van der Waals surface area contributed by atoms with Crippen molar-refractivity contribution in [3.8, 4) is 0 Å². The predicted molar refractivity (Wildman–Crippen MR) is 70.1 cm³/mol. The van der Waals surface area contributed by atoms with Gasteiger partial charge in [-0.05, 0) is 6.07 Å². The summed E-state index contributed by atoms with van der Waals surface area (Å²) in [6.07, 6.45) is -0.821. The Morgan fingerprint density at radius 1 is 1.35 bits per heavy atom. The molecule has 2 aromatic rings. The minimum Gasteiger partial charge on any atom is -0.394 e. The molecule has 2 aromatic heterocycles. The zero-order chi connectivity index (χ0) is 14.3. The van der Waals surface area contributed by atoms with Crippen LogP contribution in [0.15, 0.2) is 18.6 Å². The largest absolute Gasteiger partial charge is 0.394 e. The number of nitrogens with zero attached hydrogens (tertiary/aromatic N) is 3. The van der Waals surface area contributed by atoms with E-state index in [1.807, 2.05) is 0 Å². The fraction of sp³-hybridized carbons (Fsp3) is 0.500. The maximum atomic E-state index is 10.0. The van der Waals surface area contributed by atoms with E-state index in [1.165, 1.54) is 6.33 Å². The molecule has 3 rings (SSSR count). The fourth-order valence-electron chi connectivity index (χ4n) is 2.43. The molecule has 0 saturated carbocycles. The molecule has 0 aromatic carbocycles. The second-order valence-electron chi connectivity index (χ2n) is 4.66. The first-order valence-corrected chi connectivity index (χ1v) is 6.29. The molecule has 0 radical (unpaired) electrons. The number of nitrogens with one attached hydrogen (secondary N) is 1. The zero-order valence-electron chi connectivity index (χ0n) is 10.8. The second kappa shape index (κ2) is 4.98.